The average molecular weight is 507 g/mol. The van der Waals surface area contributed by atoms with Crippen molar-refractivity contribution in [2.24, 2.45) is 0 Å². The van der Waals surface area contributed by atoms with Gasteiger partial charge < -0.3 is 25.6 Å². The van der Waals surface area contributed by atoms with Crippen LogP contribution in [-0.4, -0.2) is 97.5 Å². The molecule has 0 spiro atoms. The highest BCUT2D eigenvalue weighted by atomic mass is 35.5. The highest BCUT2D eigenvalue weighted by molar-refractivity contribution is 5.85. The lowest BCUT2D eigenvalue weighted by Crippen LogP contribution is -2.54. The molecule has 2 aromatic heterocycles. The lowest BCUT2D eigenvalue weighted by atomic mass is 10.2. The van der Waals surface area contributed by atoms with E-state index in [2.05, 4.69) is 36.1 Å². The Labute approximate surface area is 207 Å². The van der Waals surface area contributed by atoms with Gasteiger partial charge in [-0.25, -0.2) is 14.8 Å². The van der Waals surface area contributed by atoms with Crippen LogP contribution in [0.2, 0.25) is 0 Å². The molecule has 3 N–H and O–H groups in total. The Balaban J connectivity index is 0.000000338. The summed E-state index contributed by atoms with van der Waals surface area (Å²) >= 11 is 0. The van der Waals surface area contributed by atoms with Crippen LogP contribution in [0.15, 0.2) is 25.3 Å². The molecule has 12 nitrogen and oxygen atoms in total. The largest absolute Gasteiger partial charge is 0.444 e. The van der Waals surface area contributed by atoms with Crippen molar-refractivity contribution in [3.8, 4) is 0 Å². The molecule has 2 aliphatic heterocycles. The Morgan fingerprint density at radius 1 is 0.970 bits per heavy atom. The molecule has 2 saturated heterocycles. The third-order valence-corrected chi connectivity index (χ3v) is 4.78. The lowest BCUT2D eigenvalue weighted by Gasteiger charge is -2.34. The van der Waals surface area contributed by atoms with Crippen molar-refractivity contribution < 1.29 is 9.53 Å². The zero-order valence-electron chi connectivity index (χ0n) is 19.4. The second-order valence-electron chi connectivity index (χ2n) is 8.67. The summed E-state index contributed by atoms with van der Waals surface area (Å²) in [6.45, 7) is 12.4. The van der Waals surface area contributed by atoms with Crippen LogP contribution >= 0.6 is 24.8 Å². The molecule has 2 aliphatic rings. The van der Waals surface area contributed by atoms with Crippen molar-refractivity contribution in [2.75, 3.05) is 39.3 Å². The Morgan fingerprint density at radius 2 is 1.58 bits per heavy atom. The molecule has 2 aromatic rings. The summed E-state index contributed by atoms with van der Waals surface area (Å²) in [6.07, 6.45) is 6.24. The number of piperazine rings is 2. The Hall–Kier alpha value is -1.99. The van der Waals surface area contributed by atoms with E-state index in [1.54, 1.807) is 28.6 Å². The van der Waals surface area contributed by atoms with Crippen LogP contribution in [0.25, 0.3) is 0 Å². The number of hydrogen-bond acceptors (Lipinski definition) is 9. The molecule has 0 radical (unpaired) electrons. The van der Waals surface area contributed by atoms with Gasteiger partial charge in [0, 0.05) is 51.4 Å². The highest BCUT2D eigenvalue weighted by Crippen LogP contribution is 2.11. The third-order valence-electron chi connectivity index (χ3n) is 4.78. The van der Waals surface area contributed by atoms with E-state index in [-0.39, 0.29) is 36.9 Å². The van der Waals surface area contributed by atoms with Gasteiger partial charge in [-0.1, -0.05) is 0 Å². The topological polar surface area (TPSA) is 127 Å². The first-order chi connectivity index (χ1) is 14.9. The monoisotopic (exact) mass is 506 g/mol. The summed E-state index contributed by atoms with van der Waals surface area (Å²) in [5.41, 5.74) is -0.455. The van der Waals surface area contributed by atoms with Crippen molar-refractivity contribution in [2.45, 2.75) is 51.5 Å². The molecule has 2 fully saturated rings. The summed E-state index contributed by atoms with van der Waals surface area (Å²) < 4.78 is 9.00. The van der Waals surface area contributed by atoms with Crippen LogP contribution in [0, 0.1) is 0 Å². The minimum atomic E-state index is -0.455. The molecule has 0 aliphatic carbocycles. The molecule has 1 amide bonds. The summed E-state index contributed by atoms with van der Waals surface area (Å²) in [5.74, 6) is 0. The van der Waals surface area contributed by atoms with Crippen molar-refractivity contribution in [3.63, 3.8) is 0 Å². The smallest absolute Gasteiger partial charge is 0.410 e. The average Bonchev–Trinajstić information content (AvgIpc) is 3.43. The molecule has 14 heteroatoms. The third kappa shape index (κ3) is 10.7. The first kappa shape index (κ1) is 29.0. The number of carbonyl (C=O) groups excluding carboxylic acids is 1. The predicted molar refractivity (Wildman–Crippen MR) is 129 cm³/mol. The van der Waals surface area contributed by atoms with Crippen molar-refractivity contribution in [1.29, 1.82) is 0 Å². The van der Waals surface area contributed by atoms with Gasteiger partial charge in [0.05, 0.1) is 13.1 Å². The molecule has 4 heterocycles. The van der Waals surface area contributed by atoms with E-state index < -0.39 is 5.60 Å². The minimum absolute atomic E-state index is 0. The van der Waals surface area contributed by atoms with Gasteiger partial charge in [0.25, 0.3) is 0 Å². The zero-order valence-corrected chi connectivity index (χ0v) is 21.0. The van der Waals surface area contributed by atoms with Gasteiger partial charge in [0.1, 0.15) is 30.9 Å². The van der Waals surface area contributed by atoms with Gasteiger partial charge in [-0.3, -0.25) is 9.36 Å². The van der Waals surface area contributed by atoms with E-state index in [0.717, 1.165) is 32.7 Å². The molecule has 0 aromatic carbocycles. The van der Waals surface area contributed by atoms with Gasteiger partial charge in [0.2, 0.25) is 0 Å². The first-order valence-corrected chi connectivity index (χ1v) is 10.7. The fourth-order valence-corrected chi connectivity index (χ4v) is 3.39. The van der Waals surface area contributed by atoms with Crippen LogP contribution in [0.3, 0.4) is 0 Å². The zero-order chi connectivity index (χ0) is 22.1. The van der Waals surface area contributed by atoms with Gasteiger partial charge in [-0.15, -0.1) is 24.8 Å². The molecule has 33 heavy (non-hydrogen) atoms. The summed E-state index contributed by atoms with van der Waals surface area (Å²) in [7, 11) is 0. The van der Waals surface area contributed by atoms with Crippen molar-refractivity contribution in [3.05, 3.63) is 25.3 Å². The van der Waals surface area contributed by atoms with Gasteiger partial charge in [-0.05, 0) is 20.8 Å². The Kier molecular flexibility index (Phi) is 12.6. The van der Waals surface area contributed by atoms with E-state index in [4.69, 9.17) is 4.74 Å². The van der Waals surface area contributed by atoms with Crippen molar-refractivity contribution >= 4 is 30.9 Å². The molecular weight excluding hydrogens is 471 g/mol. The fourth-order valence-electron chi connectivity index (χ4n) is 3.39. The molecule has 0 bridgehead atoms. The number of nitrogens with zero attached hydrogens (tertiary/aromatic N) is 7. The van der Waals surface area contributed by atoms with E-state index in [0.29, 0.717) is 25.7 Å². The van der Waals surface area contributed by atoms with E-state index in [9.17, 15) is 4.79 Å². The minimum Gasteiger partial charge on any atom is -0.444 e. The quantitative estimate of drug-likeness (QED) is 0.531. The predicted octanol–water partition coefficient (Wildman–Crippen LogP) is 0.170. The van der Waals surface area contributed by atoms with E-state index >= 15 is 0 Å². The van der Waals surface area contributed by atoms with Gasteiger partial charge >= 0.3 is 6.09 Å². The maximum Gasteiger partial charge on any atom is 0.410 e. The number of carbonyl (C=O) groups is 1. The molecular formula is C19H36Cl2N10O2. The maximum atomic E-state index is 12.0. The second-order valence-corrected chi connectivity index (χ2v) is 8.67. The van der Waals surface area contributed by atoms with E-state index in [1.165, 1.54) is 6.33 Å². The number of amides is 1. The normalized spacial score (nSPS) is 20.5. The molecule has 188 valence electrons. The molecule has 2 unspecified atom stereocenters. The molecule has 2 atom stereocenters. The van der Waals surface area contributed by atoms with Crippen LogP contribution in [0.4, 0.5) is 4.79 Å². The summed E-state index contributed by atoms with van der Waals surface area (Å²) in [6, 6.07) is 0.656. The first-order valence-electron chi connectivity index (χ1n) is 10.7. The van der Waals surface area contributed by atoms with Crippen LogP contribution < -0.4 is 16.0 Å². The van der Waals surface area contributed by atoms with E-state index in [1.807, 2.05) is 25.5 Å². The van der Waals surface area contributed by atoms with Gasteiger partial charge in [-0.2, -0.15) is 10.2 Å². The molecule has 0 saturated carbocycles. The van der Waals surface area contributed by atoms with Crippen LogP contribution in [-0.2, 0) is 17.8 Å². The summed E-state index contributed by atoms with van der Waals surface area (Å²) in [5, 5.41) is 18.2. The molecule has 4 rings (SSSR count). The van der Waals surface area contributed by atoms with Crippen LogP contribution in [0.5, 0.6) is 0 Å². The Morgan fingerprint density at radius 3 is 2.09 bits per heavy atom. The van der Waals surface area contributed by atoms with Crippen molar-refractivity contribution in [1.82, 2.24) is 50.4 Å². The lowest BCUT2D eigenvalue weighted by molar-refractivity contribution is 0.0188. The fraction of sp³-hybridized carbons (Fsp3) is 0.737. The maximum absolute atomic E-state index is 12.0. The second kappa shape index (κ2) is 14.3. The SMILES string of the molecule is CC(C)(C)OC(=O)N1CCNC(Cn2cncn2)C1.Cl.Cl.c1ncn(CC2CNCCN2)n1. The number of nitrogens with one attached hydrogen (secondary N) is 3. The van der Waals surface area contributed by atoms with Gasteiger partial charge in [0.15, 0.2) is 0 Å². The number of halogens is 2. The number of rotatable bonds is 4. The summed E-state index contributed by atoms with van der Waals surface area (Å²) in [4.78, 5) is 21.5. The number of hydrogen-bond donors (Lipinski definition) is 3. The van der Waals surface area contributed by atoms with Crippen LogP contribution in [0.1, 0.15) is 20.8 Å². The standard InChI is InChI=1S/C12H21N5O2.C7H13N5.2ClH/c1-12(2,3)19-11(18)16-5-4-14-10(6-16)7-17-9-13-8-15-17;1-2-10-7(3-8-1)4-12-6-9-5-11-12;;/h8-10,14H,4-7H2,1-3H3;5-8,10H,1-4H2;2*1H. The Bertz CT molecular complexity index is 764. The highest BCUT2D eigenvalue weighted by Gasteiger charge is 2.27. The number of aromatic nitrogens is 6. The number of ether oxygens (including phenoxy) is 1.